The molecule has 1 rings (SSSR count). The Morgan fingerprint density at radius 1 is 1.43 bits per heavy atom. The second-order valence-corrected chi connectivity index (χ2v) is 2.74. The van der Waals surface area contributed by atoms with E-state index in [4.69, 9.17) is 10.6 Å². The van der Waals surface area contributed by atoms with Gasteiger partial charge in [-0.25, -0.2) is 0 Å². The molecule has 0 heterocycles. The van der Waals surface area contributed by atoms with Crippen LogP contribution in [0.3, 0.4) is 0 Å². The molecule has 0 bridgehead atoms. The van der Waals surface area contributed by atoms with Gasteiger partial charge >= 0.3 is 5.97 Å². The van der Waals surface area contributed by atoms with Gasteiger partial charge in [0, 0.05) is 0 Å². The Bertz CT molecular complexity index is 360. The molecule has 0 aromatic heterocycles. The summed E-state index contributed by atoms with van der Waals surface area (Å²) in [4.78, 5) is 13.4. The highest BCUT2D eigenvalue weighted by atomic mass is 16.4. The van der Waals surface area contributed by atoms with E-state index in [9.17, 15) is 4.79 Å². The molecule has 1 aromatic rings. The van der Waals surface area contributed by atoms with Crippen LogP contribution in [0, 0.1) is 5.53 Å². The van der Waals surface area contributed by atoms with E-state index >= 15 is 0 Å². The van der Waals surface area contributed by atoms with Gasteiger partial charge in [0.25, 0.3) is 0 Å². The molecule has 0 aliphatic heterocycles. The van der Waals surface area contributed by atoms with Crippen LogP contribution in [0.15, 0.2) is 29.4 Å². The van der Waals surface area contributed by atoms with E-state index in [-0.39, 0.29) is 13.0 Å². The quantitative estimate of drug-likeness (QED) is 0.557. The van der Waals surface area contributed by atoms with E-state index in [1.807, 2.05) is 0 Å². The summed E-state index contributed by atoms with van der Waals surface area (Å²) in [6.45, 7) is 0.257. The van der Waals surface area contributed by atoms with E-state index in [1.165, 1.54) is 0 Å². The molecule has 0 aliphatic carbocycles. The molecule has 72 valence electrons. The van der Waals surface area contributed by atoms with Crippen molar-refractivity contribution in [2.75, 3.05) is 0 Å². The maximum absolute atomic E-state index is 10.5. The minimum absolute atomic E-state index is 0.0241. The number of benzene rings is 1. The summed E-state index contributed by atoms with van der Waals surface area (Å²) in [6, 6.07) is 7.11. The monoisotopic (exact) mass is 192 g/mol. The fourth-order valence-electron chi connectivity index (χ4n) is 1.16. The highest BCUT2D eigenvalue weighted by Gasteiger charge is 2.06. The Hall–Kier alpha value is -2.00. The van der Waals surface area contributed by atoms with Crippen molar-refractivity contribution in [2.24, 2.45) is 5.11 Å². The molecule has 0 amide bonds. The number of nitrogens with one attached hydrogen (secondary N) is 1. The van der Waals surface area contributed by atoms with Crippen molar-refractivity contribution < 1.29 is 9.90 Å². The standard InChI is InChI=1S/C9H9N3O2/c10-12-11-6-8-4-2-1-3-7(8)5-9(13)14/h1-4,10H,5-6H2/p+1. The van der Waals surface area contributed by atoms with Gasteiger partial charge in [0.15, 0.2) is 0 Å². The molecule has 5 nitrogen and oxygen atoms in total. The average Bonchev–Trinajstić information content (AvgIpc) is 2.16. The van der Waals surface area contributed by atoms with Gasteiger partial charge in [-0.15, -0.1) is 0 Å². The summed E-state index contributed by atoms with van der Waals surface area (Å²) in [5.74, 6) is -0.875. The highest BCUT2D eigenvalue weighted by Crippen LogP contribution is 2.10. The summed E-state index contributed by atoms with van der Waals surface area (Å²) in [5.41, 5.74) is 8.02. The van der Waals surface area contributed by atoms with Crippen LogP contribution in [-0.4, -0.2) is 11.1 Å². The van der Waals surface area contributed by atoms with Crippen LogP contribution in [0.1, 0.15) is 11.1 Å². The predicted molar refractivity (Wildman–Crippen MR) is 48.8 cm³/mol. The van der Waals surface area contributed by atoms with Crippen molar-refractivity contribution in [2.45, 2.75) is 13.0 Å². The van der Waals surface area contributed by atoms with Crippen LogP contribution in [0.5, 0.6) is 0 Å². The predicted octanol–water partition coefficient (Wildman–Crippen LogP) is 1.36. The number of rotatable bonds is 4. The number of carboxylic acids is 1. The van der Waals surface area contributed by atoms with Gasteiger partial charge < -0.3 is 5.11 Å². The largest absolute Gasteiger partial charge is 0.481 e. The molecule has 0 atom stereocenters. The molecule has 0 saturated carbocycles. The molecular formula is C9H10N3O2+. The molecule has 5 heteroatoms. The van der Waals surface area contributed by atoms with Crippen molar-refractivity contribution in [1.82, 2.24) is 4.91 Å². The summed E-state index contributed by atoms with van der Waals surface area (Å²) in [5, 5.41) is 12.1. The van der Waals surface area contributed by atoms with Crippen molar-refractivity contribution >= 4 is 5.97 Å². The fraction of sp³-hybridized carbons (Fsp3) is 0.222. The lowest BCUT2D eigenvalue weighted by Crippen LogP contribution is -2.03. The van der Waals surface area contributed by atoms with Gasteiger partial charge in [0.1, 0.15) is 17.2 Å². The summed E-state index contributed by atoms with van der Waals surface area (Å²) in [7, 11) is 0. The molecule has 0 radical (unpaired) electrons. The number of hydrogen-bond acceptors (Lipinski definition) is 3. The minimum Gasteiger partial charge on any atom is -0.481 e. The third kappa shape index (κ3) is 2.80. The van der Waals surface area contributed by atoms with Crippen LogP contribution >= 0.6 is 0 Å². The van der Waals surface area contributed by atoms with Gasteiger partial charge in [-0.2, -0.15) is 0 Å². The van der Waals surface area contributed by atoms with Gasteiger partial charge in [0.05, 0.1) is 6.42 Å². The minimum atomic E-state index is -0.875. The molecule has 0 saturated heterocycles. The fourth-order valence-corrected chi connectivity index (χ4v) is 1.16. The Labute approximate surface area is 80.6 Å². The maximum atomic E-state index is 10.5. The first-order valence-electron chi connectivity index (χ1n) is 4.06. The first-order chi connectivity index (χ1) is 6.74. The Morgan fingerprint density at radius 2 is 2.07 bits per heavy atom. The normalized spacial score (nSPS) is 9.14. The lowest BCUT2D eigenvalue weighted by atomic mass is 10.1. The third-order valence-corrected chi connectivity index (χ3v) is 1.77. The van der Waals surface area contributed by atoms with Crippen LogP contribution in [0.4, 0.5) is 0 Å². The Morgan fingerprint density at radius 3 is 2.64 bits per heavy atom. The molecule has 0 fully saturated rings. The zero-order chi connectivity index (χ0) is 10.4. The third-order valence-electron chi connectivity index (χ3n) is 1.77. The highest BCUT2D eigenvalue weighted by molar-refractivity contribution is 5.70. The summed E-state index contributed by atoms with van der Waals surface area (Å²) >= 11 is 0. The van der Waals surface area contributed by atoms with Crippen molar-refractivity contribution in [3.05, 3.63) is 35.4 Å². The molecule has 0 spiro atoms. The molecule has 0 unspecified atom stereocenters. The average molecular weight is 192 g/mol. The topological polar surface area (TPSA) is 87.6 Å². The zero-order valence-electron chi connectivity index (χ0n) is 7.47. The number of carbonyl (C=O) groups is 1. The summed E-state index contributed by atoms with van der Waals surface area (Å²) < 4.78 is 0. The van der Waals surface area contributed by atoms with Crippen LogP contribution < -0.4 is 4.91 Å². The number of carboxylic acid groups (broad SMARTS) is 1. The lowest BCUT2D eigenvalue weighted by molar-refractivity contribution is -0.136. The van der Waals surface area contributed by atoms with Gasteiger partial charge in [-0.1, -0.05) is 24.3 Å². The van der Waals surface area contributed by atoms with Crippen LogP contribution in [0.25, 0.3) is 0 Å². The number of nitrogens with zero attached hydrogens (tertiary/aromatic N) is 2. The molecule has 1 aromatic carbocycles. The first-order valence-corrected chi connectivity index (χ1v) is 4.06. The zero-order valence-corrected chi connectivity index (χ0v) is 7.47. The number of aliphatic carboxylic acids is 1. The van der Waals surface area contributed by atoms with E-state index in [0.717, 1.165) is 5.56 Å². The SMILES string of the molecule is N=[N+]=NCc1ccccc1CC(=O)O. The van der Waals surface area contributed by atoms with Crippen molar-refractivity contribution in [1.29, 1.82) is 5.53 Å². The van der Waals surface area contributed by atoms with E-state index in [2.05, 4.69) is 10.0 Å². The maximum Gasteiger partial charge on any atom is 0.307 e. The molecule has 2 N–H and O–H groups in total. The Kier molecular flexibility index (Phi) is 3.52. The second-order valence-electron chi connectivity index (χ2n) is 2.74. The smallest absolute Gasteiger partial charge is 0.307 e. The lowest BCUT2D eigenvalue weighted by Gasteiger charge is -2.01. The van der Waals surface area contributed by atoms with Gasteiger partial charge in [0.2, 0.25) is 4.91 Å². The van der Waals surface area contributed by atoms with Crippen molar-refractivity contribution in [3.63, 3.8) is 0 Å². The van der Waals surface area contributed by atoms with E-state index in [0.29, 0.717) is 5.56 Å². The molecule has 0 aliphatic rings. The van der Waals surface area contributed by atoms with Gasteiger partial charge in [-0.3, -0.25) is 4.79 Å². The molecule has 14 heavy (non-hydrogen) atoms. The number of hydrogen-bond donors (Lipinski definition) is 2. The Balaban J connectivity index is 2.90. The summed E-state index contributed by atoms with van der Waals surface area (Å²) in [6.07, 6.45) is -0.0241. The van der Waals surface area contributed by atoms with E-state index in [1.54, 1.807) is 24.3 Å². The molecular weight excluding hydrogens is 182 g/mol. The van der Waals surface area contributed by atoms with Crippen LogP contribution in [0.2, 0.25) is 0 Å². The second kappa shape index (κ2) is 4.89. The van der Waals surface area contributed by atoms with Crippen molar-refractivity contribution in [3.8, 4) is 0 Å². The van der Waals surface area contributed by atoms with E-state index < -0.39 is 5.97 Å². The first kappa shape index (κ1) is 10.1. The van der Waals surface area contributed by atoms with Crippen LogP contribution in [-0.2, 0) is 17.8 Å². The van der Waals surface area contributed by atoms with Gasteiger partial charge in [-0.05, 0) is 11.1 Å².